The summed E-state index contributed by atoms with van der Waals surface area (Å²) in [5.41, 5.74) is 0. The summed E-state index contributed by atoms with van der Waals surface area (Å²) in [4.78, 5) is 2.28. The molecule has 1 heterocycles. The van der Waals surface area contributed by atoms with Gasteiger partial charge in [-0.1, -0.05) is 17.7 Å². The first-order valence-corrected chi connectivity index (χ1v) is 6.99. The zero-order valence-corrected chi connectivity index (χ0v) is 11.9. The molecule has 106 valence electrons. The van der Waals surface area contributed by atoms with Crippen molar-refractivity contribution in [1.82, 2.24) is 10.2 Å². The molecule has 0 saturated carbocycles. The maximum Gasteiger partial charge on any atom is 0.120 e. The number of hydrogen-bond donors (Lipinski definition) is 2. The van der Waals surface area contributed by atoms with Crippen LogP contribution < -0.4 is 10.1 Å². The number of likely N-dealkylation sites (tertiary alicyclic amines) is 1. The molecule has 1 fully saturated rings. The molecule has 1 aromatic carbocycles. The zero-order valence-electron chi connectivity index (χ0n) is 11.2. The maximum absolute atomic E-state index is 9.87. The second kappa shape index (κ2) is 7.10. The Kier molecular flexibility index (Phi) is 5.45. The van der Waals surface area contributed by atoms with Crippen molar-refractivity contribution in [3.05, 3.63) is 29.3 Å². The Balaban J connectivity index is 1.65. The number of hydrogen-bond acceptors (Lipinski definition) is 4. The van der Waals surface area contributed by atoms with Crippen LogP contribution >= 0.6 is 11.6 Å². The molecule has 1 aliphatic heterocycles. The quantitative estimate of drug-likeness (QED) is 0.828. The van der Waals surface area contributed by atoms with E-state index < -0.39 is 6.10 Å². The van der Waals surface area contributed by atoms with E-state index in [1.54, 1.807) is 12.1 Å². The lowest BCUT2D eigenvalue weighted by atomic mass is 10.2. The number of likely N-dealkylation sites (N-methyl/N-ethyl adjacent to an activating group) is 1. The van der Waals surface area contributed by atoms with Gasteiger partial charge in [-0.25, -0.2) is 0 Å². The van der Waals surface area contributed by atoms with Crippen LogP contribution in [0.5, 0.6) is 5.75 Å². The second-order valence-electron chi connectivity index (χ2n) is 5.08. The van der Waals surface area contributed by atoms with Crippen LogP contribution in [-0.4, -0.2) is 55.4 Å². The van der Waals surface area contributed by atoms with Gasteiger partial charge in [-0.3, -0.25) is 0 Å². The van der Waals surface area contributed by atoms with Gasteiger partial charge in [0.25, 0.3) is 0 Å². The third-order valence-electron chi connectivity index (χ3n) is 3.27. The van der Waals surface area contributed by atoms with Crippen LogP contribution in [0.1, 0.15) is 6.42 Å². The number of benzene rings is 1. The number of aliphatic hydroxyl groups is 1. The minimum atomic E-state index is -0.509. The number of rotatable bonds is 6. The molecule has 1 aromatic rings. The van der Waals surface area contributed by atoms with Gasteiger partial charge in [0.1, 0.15) is 18.5 Å². The van der Waals surface area contributed by atoms with Crippen LogP contribution in [0.3, 0.4) is 0 Å². The lowest BCUT2D eigenvalue weighted by Crippen LogP contribution is -2.39. The van der Waals surface area contributed by atoms with Crippen molar-refractivity contribution in [1.29, 1.82) is 0 Å². The van der Waals surface area contributed by atoms with Crippen molar-refractivity contribution >= 4 is 11.6 Å². The Morgan fingerprint density at radius 3 is 3.11 bits per heavy atom. The Bertz CT molecular complexity index is 403. The van der Waals surface area contributed by atoms with E-state index in [-0.39, 0.29) is 6.61 Å². The van der Waals surface area contributed by atoms with Gasteiger partial charge in [0.15, 0.2) is 0 Å². The third-order valence-corrected chi connectivity index (χ3v) is 3.51. The smallest absolute Gasteiger partial charge is 0.120 e. The topological polar surface area (TPSA) is 44.7 Å². The first-order valence-electron chi connectivity index (χ1n) is 6.62. The molecular formula is C14H21ClN2O2. The first-order chi connectivity index (χ1) is 9.13. The number of halogens is 1. The van der Waals surface area contributed by atoms with E-state index in [1.807, 2.05) is 12.1 Å². The van der Waals surface area contributed by atoms with Crippen LogP contribution in [-0.2, 0) is 0 Å². The van der Waals surface area contributed by atoms with Crippen molar-refractivity contribution in [2.75, 3.05) is 33.3 Å². The molecule has 0 spiro atoms. The maximum atomic E-state index is 9.87. The molecule has 2 rings (SSSR count). The molecule has 1 aliphatic rings. The lowest BCUT2D eigenvalue weighted by Gasteiger charge is -2.17. The third kappa shape index (κ3) is 4.99. The van der Waals surface area contributed by atoms with Gasteiger partial charge in [0.05, 0.1) is 0 Å². The fourth-order valence-corrected chi connectivity index (χ4v) is 2.39. The zero-order chi connectivity index (χ0) is 13.7. The fraction of sp³-hybridized carbons (Fsp3) is 0.571. The summed E-state index contributed by atoms with van der Waals surface area (Å²) in [5, 5.41) is 13.9. The van der Waals surface area contributed by atoms with Crippen molar-refractivity contribution in [3.8, 4) is 5.75 Å². The summed E-state index contributed by atoms with van der Waals surface area (Å²) in [6.45, 7) is 2.99. The van der Waals surface area contributed by atoms with Crippen molar-refractivity contribution in [2.24, 2.45) is 0 Å². The molecule has 0 aromatic heterocycles. The minimum absolute atomic E-state index is 0.274. The summed E-state index contributed by atoms with van der Waals surface area (Å²) >= 11 is 5.86. The van der Waals surface area contributed by atoms with Crippen molar-refractivity contribution in [2.45, 2.75) is 18.6 Å². The van der Waals surface area contributed by atoms with Crippen molar-refractivity contribution in [3.63, 3.8) is 0 Å². The number of ether oxygens (including phenoxy) is 1. The first kappa shape index (κ1) is 14.6. The van der Waals surface area contributed by atoms with E-state index in [2.05, 4.69) is 17.3 Å². The highest BCUT2D eigenvalue weighted by Gasteiger charge is 2.19. The normalized spacial score (nSPS) is 21.5. The molecule has 0 radical (unpaired) electrons. The Hall–Kier alpha value is -0.810. The van der Waals surface area contributed by atoms with Crippen molar-refractivity contribution < 1.29 is 9.84 Å². The molecule has 2 atom stereocenters. The molecular weight excluding hydrogens is 264 g/mol. The van der Waals surface area contributed by atoms with Gasteiger partial charge in [-0.05, 0) is 38.2 Å². The van der Waals surface area contributed by atoms with E-state index in [0.717, 1.165) is 19.5 Å². The minimum Gasteiger partial charge on any atom is -0.491 e. The highest BCUT2D eigenvalue weighted by molar-refractivity contribution is 6.30. The Morgan fingerprint density at radius 1 is 1.58 bits per heavy atom. The molecule has 4 nitrogen and oxygen atoms in total. The van der Waals surface area contributed by atoms with E-state index in [0.29, 0.717) is 23.4 Å². The molecule has 5 heteroatoms. The largest absolute Gasteiger partial charge is 0.491 e. The van der Waals surface area contributed by atoms with Gasteiger partial charge in [-0.2, -0.15) is 0 Å². The van der Waals surface area contributed by atoms with Gasteiger partial charge in [0.2, 0.25) is 0 Å². The monoisotopic (exact) mass is 284 g/mol. The Labute approximate surface area is 119 Å². The van der Waals surface area contributed by atoms with Gasteiger partial charge < -0.3 is 20.1 Å². The van der Waals surface area contributed by atoms with Crippen LogP contribution in [0, 0.1) is 0 Å². The van der Waals surface area contributed by atoms with E-state index in [9.17, 15) is 5.11 Å². The van der Waals surface area contributed by atoms with Gasteiger partial charge in [0, 0.05) is 24.2 Å². The van der Waals surface area contributed by atoms with Crippen LogP contribution in [0.2, 0.25) is 5.02 Å². The number of nitrogens with one attached hydrogen (secondary N) is 1. The average Bonchev–Trinajstić information content (AvgIpc) is 2.80. The molecule has 0 aliphatic carbocycles. The summed E-state index contributed by atoms with van der Waals surface area (Å²) in [6.07, 6.45) is 0.628. The fourth-order valence-electron chi connectivity index (χ4n) is 2.21. The molecule has 0 amide bonds. The van der Waals surface area contributed by atoms with Gasteiger partial charge >= 0.3 is 0 Å². The second-order valence-corrected chi connectivity index (χ2v) is 5.51. The van der Waals surface area contributed by atoms with Crippen LogP contribution in [0.15, 0.2) is 24.3 Å². The average molecular weight is 285 g/mol. The van der Waals surface area contributed by atoms with Gasteiger partial charge in [-0.15, -0.1) is 0 Å². The van der Waals surface area contributed by atoms with Crippen LogP contribution in [0.4, 0.5) is 0 Å². The lowest BCUT2D eigenvalue weighted by molar-refractivity contribution is 0.104. The standard InChI is InChI=1S/C14H21ClN2O2/c1-17-6-5-12(9-17)16-8-13(18)10-19-14-4-2-3-11(15)7-14/h2-4,7,12-13,16,18H,5-6,8-10H2,1H3. The molecule has 2 unspecified atom stereocenters. The predicted octanol–water partition coefficient (Wildman–Crippen LogP) is 1.37. The highest BCUT2D eigenvalue weighted by atomic mass is 35.5. The Morgan fingerprint density at radius 2 is 2.42 bits per heavy atom. The number of nitrogens with zero attached hydrogens (tertiary/aromatic N) is 1. The van der Waals surface area contributed by atoms with E-state index >= 15 is 0 Å². The summed E-state index contributed by atoms with van der Waals surface area (Å²) in [6, 6.07) is 7.68. The molecule has 1 saturated heterocycles. The molecule has 19 heavy (non-hydrogen) atoms. The predicted molar refractivity (Wildman–Crippen MR) is 76.9 cm³/mol. The highest BCUT2D eigenvalue weighted by Crippen LogP contribution is 2.17. The molecule has 2 N–H and O–H groups in total. The van der Waals surface area contributed by atoms with Crippen LogP contribution in [0.25, 0.3) is 0 Å². The molecule has 0 bridgehead atoms. The number of aliphatic hydroxyl groups excluding tert-OH is 1. The SMILES string of the molecule is CN1CCC(NCC(O)COc2cccc(Cl)c2)C1. The van der Waals surface area contributed by atoms with E-state index in [4.69, 9.17) is 16.3 Å². The summed E-state index contributed by atoms with van der Waals surface area (Å²) < 4.78 is 5.50. The summed E-state index contributed by atoms with van der Waals surface area (Å²) in [5.74, 6) is 0.687. The summed E-state index contributed by atoms with van der Waals surface area (Å²) in [7, 11) is 2.11. The van der Waals surface area contributed by atoms with E-state index in [1.165, 1.54) is 0 Å².